The van der Waals surface area contributed by atoms with E-state index in [4.69, 9.17) is 5.26 Å². The molecular weight excluding hydrogens is 312 g/mol. The fraction of sp³-hybridized carbons (Fsp3) is 0.350. The Morgan fingerprint density at radius 1 is 1.04 bits per heavy atom. The molecule has 1 aliphatic carbocycles. The molecule has 3 rings (SSSR count). The van der Waals surface area contributed by atoms with Gasteiger partial charge in [-0.05, 0) is 43.2 Å². The van der Waals surface area contributed by atoms with Gasteiger partial charge in [-0.3, -0.25) is 9.78 Å². The number of hydrogen-bond acceptors (Lipinski definition) is 4. The number of nitriles is 1. The highest BCUT2D eigenvalue weighted by atomic mass is 16.1. The maximum Gasteiger partial charge on any atom is 0.253 e. The van der Waals surface area contributed by atoms with E-state index < -0.39 is 0 Å². The smallest absolute Gasteiger partial charge is 0.253 e. The molecule has 0 atom stereocenters. The van der Waals surface area contributed by atoms with Gasteiger partial charge in [-0.15, -0.1) is 0 Å². The molecule has 0 bridgehead atoms. The monoisotopic (exact) mass is 334 g/mol. The SMILES string of the molecule is N#Cc1ccc(Nc2cncc(C(=O)NC3CCCCCC3)c2)cc1. The van der Waals surface area contributed by atoms with Gasteiger partial charge in [-0.2, -0.15) is 5.26 Å². The molecule has 5 nitrogen and oxygen atoms in total. The van der Waals surface area contributed by atoms with Gasteiger partial charge in [-0.25, -0.2) is 0 Å². The number of carbonyl (C=O) groups is 1. The number of pyridine rings is 1. The summed E-state index contributed by atoms with van der Waals surface area (Å²) in [7, 11) is 0. The molecule has 1 aliphatic rings. The fourth-order valence-electron chi connectivity index (χ4n) is 3.12. The zero-order valence-corrected chi connectivity index (χ0v) is 14.2. The molecule has 1 aromatic carbocycles. The average molecular weight is 334 g/mol. The largest absolute Gasteiger partial charge is 0.354 e. The van der Waals surface area contributed by atoms with Crippen LogP contribution in [0.3, 0.4) is 0 Å². The number of hydrogen-bond donors (Lipinski definition) is 2. The number of rotatable bonds is 4. The van der Waals surface area contributed by atoms with Gasteiger partial charge >= 0.3 is 0 Å². The van der Waals surface area contributed by atoms with Crippen molar-refractivity contribution >= 4 is 17.3 Å². The van der Waals surface area contributed by atoms with E-state index in [0.29, 0.717) is 11.1 Å². The summed E-state index contributed by atoms with van der Waals surface area (Å²) in [6.07, 6.45) is 10.3. The van der Waals surface area contributed by atoms with Crippen LogP contribution >= 0.6 is 0 Å². The molecular formula is C20H22N4O. The maximum atomic E-state index is 12.5. The molecule has 1 amide bonds. The normalized spacial score (nSPS) is 15.0. The Bertz CT molecular complexity index is 756. The minimum absolute atomic E-state index is 0.0668. The Morgan fingerprint density at radius 3 is 2.44 bits per heavy atom. The third-order valence-corrected chi connectivity index (χ3v) is 4.49. The van der Waals surface area contributed by atoms with Crippen LogP contribution in [0, 0.1) is 11.3 Å². The number of aromatic nitrogens is 1. The van der Waals surface area contributed by atoms with Crippen LogP contribution in [-0.4, -0.2) is 16.9 Å². The molecule has 1 aromatic heterocycles. The molecule has 128 valence electrons. The highest BCUT2D eigenvalue weighted by molar-refractivity contribution is 5.95. The number of benzene rings is 1. The van der Waals surface area contributed by atoms with Gasteiger partial charge in [0.15, 0.2) is 0 Å². The van der Waals surface area contributed by atoms with Gasteiger partial charge in [0.05, 0.1) is 29.1 Å². The standard InChI is InChI=1S/C20H22N4O/c21-12-15-7-9-18(10-8-15)23-19-11-16(13-22-14-19)20(25)24-17-5-3-1-2-4-6-17/h7-11,13-14,17,23H,1-6H2,(H,24,25). The van der Waals surface area contributed by atoms with Crippen molar-refractivity contribution < 1.29 is 4.79 Å². The van der Waals surface area contributed by atoms with Crippen molar-refractivity contribution in [2.45, 2.75) is 44.6 Å². The first-order chi connectivity index (χ1) is 12.2. The Labute approximate surface area is 148 Å². The van der Waals surface area contributed by atoms with Crippen LogP contribution in [0.2, 0.25) is 0 Å². The summed E-state index contributed by atoms with van der Waals surface area (Å²) >= 11 is 0. The van der Waals surface area contributed by atoms with Crippen molar-refractivity contribution in [1.29, 1.82) is 5.26 Å². The highest BCUT2D eigenvalue weighted by Gasteiger charge is 2.16. The minimum atomic E-state index is -0.0668. The average Bonchev–Trinajstić information content (AvgIpc) is 2.91. The van der Waals surface area contributed by atoms with Crippen LogP contribution in [-0.2, 0) is 0 Å². The molecule has 2 N–H and O–H groups in total. The maximum absolute atomic E-state index is 12.5. The van der Waals surface area contributed by atoms with Crippen LogP contribution in [0.1, 0.15) is 54.4 Å². The van der Waals surface area contributed by atoms with Crippen LogP contribution in [0.25, 0.3) is 0 Å². The second-order valence-corrected chi connectivity index (χ2v) is 6.44. The quantitative estimate of drug-likeness (QED) is 0.823. The summed E-state index contributed by atoms with van der Waals surface area (Å²) in [5.74, 6) is -0.0668. The van der Waals surface area contributed by atoms with Gasteiger partial charge in [0.1, 0.15) is 0 Å². The molecule has 0 aliphatic heterocycles. The van der Waals surface area contributed by atoms with E-state index in [2.05, 4.69) is 21.7 Å². The molecule has 0 unspecified atom stereocenters. The Morgan fingerprint density at radius 2 is 1.76 bits per heavy atom. The lowest BCUT2D eigenvalue weighted by atomic mass is 10.1. The fourth-order valence-corrected chi connectivity index (χ4v) is 3.12. The number of nitrogens with zero attached hydrogens (tertiary/aromatic N) is 2. The second kappa shape index (κ2) is 8.29. The van der Waals surface area contributed by atoms with Crippen LogP contribution in [0.4, 0.5) is 11.4 Å². The molecule has 1 heterocycles. The molecule has 1 fully saturated rings. The molecule has 2 aromatic rings. The molecule has 0 spiro atoms. The molecule has 5 heteroatoms. The van der Waals surface area contributed by atoms with Gasteiger partial charge < -0.3 is 10.6 Å². The third-order valence-electron chi connectivity index (χ3n) is 4.49. The van der Waals surface area contributed by atoms with Crippen molar-refractivity contribution in [2.24, 2.45) is 0 Å². The Balaban J connectivity index is 1.65. The highest BCUT2D eigenvalue weighted by Crippen LogP contribution is 2.19. The van der Waals surface area contributed by atoms with Crippen LogP contribution in [0.5, 0.6) is 0 Å². The summed E-state index contributed by atoms with van der Waals surface area (Å²) in [5, 5.41) is 15.2. The zero-order chi connectivity index (χ0) is 17.5. The van der Waals surface area contributed by atoms with E-state index in [0.717, 1.165) is 24.2 Å². The zero-order valence-electron chi connectivity index (χ0n) is 14.2. The van der Waals surface area contributed by atoms with Crippen molar-refractivity contribution in [1.82, 2.24) is 10.3 Å². The van der Waals surface area contributed by atoms with E-state index in [1.807, 2.05) is 12.1 Å². The van der Waals surface area contributed by atoms with E-state index >= 15 is 0 Å². The van der Waals surface area contributed by atoms with Crippen molar-refractivity contribution in [3.05, 3.63) is 53.9 Å². The van der Waals surface area contributed by atoms with E-state index in [9.17, 15) is 4.79 Å². The first-order valence-corrected chi connectivity index (χ1v) is 8.78. The van der Waals surface area contributed by atoms with Crippen LogP contribution in [0.15, 0.2) is 42.7 Å². The number of carbonyl (C=O) groups excluding carboxylic acids is 1. The number of nitrogens with one attached hydrogen (secondary N) is 2. The first kappa shape index (κ1) is 17.0. The van der Waals surface area contributed by atoms with Gasteiger partial charge in [-0.1, -0.05) is 25.7 Å². The third kappa shape index (κ3) is 4.80. The minimum Gasteiger partial charge on any atom is -0.354 e. The Kier molecular flexibility index (Phi) is 5.63. The van der Waals surface area contributed by atoms with Crippen LogP contribution < -0.4 is 10.6 Å². The molecule has 0 radical (unpaired) electrons. The van der Waals surface area contributed by atoms with Crippen molar-refractivity contribution in [3.63, 3.8) is 0 Å². The van der Waals surface area contributed by atoms with Crippen molar-refractivity contribution in [2.75, 3.05) is 5.32 Å². The topological polar surface area (TPSA) is 77.8 Å². The molecule has 0 saturated heterocycles. The lowest BCUT2D eigenvalue weighted by Gasteiger charge is -2.16. The Hall–Kier alpha value is -2.87. The number of amides is 1. The van der Waals surface area contributed by atoms with Gasteiger partial charge in [0, 0.05) is 17.9 Å². The predicted molar refractivity (Wildman–Crippen MR) is 97.6 cm³/mol. The van der Waals surface area contributed by atoms with E-state index in [-0.39, 0.29) is 11.9 Å². The van der Waals surface area contributed by atoms with E-state index in [1.165, 1.54) is 25.7 Å². The van der Waals surface area contributed by atoms with Gasteiger partial charge in [0.2, 0.25) is 0 Å². The predicted octanol–water partition coefficient (Wildman–Crippen LogP) is 4.15. The van der Waals surface area contributed by atoms with Gasteiger partial charge in [0.25, 0.3) is 5.91 Å². The summed E-state index contributed by atoms with van der Waals surface area (Å²) in [6, 6.07) is 11.3. The summed E-state index contributed by atoms with van der Waals surface area (Å²) in [5.41, 5.74) is 2.77. The molecule has 25 heavy (non-hydrogen) atoms. The molecule has 1 saturated carbocycles. The summed E-state index contributed by atoms with van der Waals surface area (Å²) in [4.78, 5) is 16.7. The van der Waals surface area contributed by atoms with E-state index in [1.54, 1.807) is 30.6 Å². The lowest BCUT2D eigenvalue weighted by Crippen LogP contribution is -2.34. The lowest BCUT2D eigenvalue weighted by molar-refractivity contribution is 0.0933. The van der Waals surface area contributed by atoms with Crippen molar-refractivity contribution in [3.8, 4) is 6.07 Å². The summed E-state index contributed by atoms with van der Waals surface area (Å²) in [6.45, 7) is 0. The first-order valence-electron chi connectivity index (χ1n) is 8.78. The summed E-state index contributed by atoms with van der Waals surface area (Å²) < 4.78 is 0. The second-order valence-electron chi connectivity index (χ2n) is 6.44. The number of anilines is 2.